The van der Waals surface area contributed by atoms with Gasteiger partial charge in [0.05, 0.1) is 11.5 Å². The van der Waals surface area contributed by atoms with Gasteiger partial charge in [-0.3, -0.25) is 9.69 Å². The number of amides is 2. The quantitative estimate of drug-likeness (QED) is 0.622. The van der Waals surface area contributed by atoms with Crippen LogP contribution in [-0.4, -0.2) is 80.3 Å². The summed E-state index contributed by atoms with van der Waals surface area (Å²) in [5, 5.41) is 0. The Bertz CT molecular complexity index is 864. The summed E-state index contributed by atoms with van der Waals surface area (Å²) in [6, 6.07) is 6.79. The summed E-state index contributed by atoms with van der Waals surface area (Å²) in [7, 11) is -3.71. The fraction of sp³-hybridized carbons (Fsp3) is 0.526. The molecule has 2 aliphatic heterocycles. The number of ether oxygens (including phenoxy) is 2. The summed E-state index contributed by atoms with van der Waals surface area (Å²) in [6.45, 7) is 2.44. The molecule has 1 aromatic carbocycles. The second kappa shape index (κ2) is 8.81. The molecule has 2 aliphatic rings. The molecule has 29 heavy (non-hydrogen) atoms. The number of piperidine rings is 1. The van der Waals surface area contributed by atoms with E-state index < -0.39 is 39.6 Å². The topological polar surface area (TPSA) is 110 Å². The van der Waals surface area contributed by atoms with E-state index in [1.165, 1.54) is 21.9 Å². The highest BCUT2D eigenvalue weighted by Gasteiger charge is 2.44. The summed E-state index contributed by atoms with van der Waals surface area (Å²) < 4.78 is 34.8. The molecule has 0 aliphatic carbocycles. The lowest BCUT2D eigenvalue weighted by Crippen LogP contribution is -2.52. The molecule has 2 saturated heterocycles. The Labute approximate surface area is 169 Å². The molecule has 10 heteroatoms. The summed E-state index contributed by atoms with van der Waals surface area (Å²) in [5.41, 5.74) is 0. The molecule has 1 aromatic rings. The molecule has 0 radical (unpaired) electrons. The zero-order valence-electron chi connectivity index (χ0n) is 16.2. The van der Waals surface area contributed by atoms with Crippen molar-refractivity contribution in [1.29, 1.82) is 0 Å². The van der Waals surface area contributed by atoms with Crippen molar-refractivity contribution in [2.24, 2.45) is 0 Å². The minimum absolute atomic E-state index is 0.0495. The first-order chi connectivity index (χ1) is 13.8. The zero-order chi connectivity index (χ0) is 21.0. The van der Waals surface area contributed by atoms with Crippen LogP contribution in [0.1, 0.15) is 19.8 Å². The molecule has 0 spiro atoms. The third-order valence-electron chi connectivity index (χ3n) is 5.10. The lowest BCUT2D eigenvalue weighted by atomic mass is 10.0. The van der Waals surface area contributed by atoms with E-state index in [-0.39, 0.29) is 24.2 Å². The van der Waals surface area contributed by atoms with Gasteiger partial charge in [0.2, 0.25) is 5.91 Å². The number of hydrogen-bond donors (Lipinski definition) is 0. The van der Waals surface area contributed by atoms with Crippen molar-refractivity contribution < 1.29 is 32.3 Å². The van der Waals surface area contributed by atoms with Gasteiger partial charge in [-0.05, 0) is 31.9 Å². The van der Waals surface area contributed by atoms with Gasteiger partial charge in [0.25, 0.3) is 0 Å². The van der Waals surface area contributed by atoms with Crippen LogP contribution in [0.2, 0.25) is 0 Å². The maximum absolute atomic E-state index is 12.5. The summed E-state index contributed by atoms with van der Waals surface area (Å²) >= 11 is 0. The minimum atomic E-state index is -3.71. The van der Waals surface area contributed by atoms with Crippen molar-refractivity contribution in [3.8, 4) is 0 Å². The normalized spacial score (nSPS) is 20.4. The van der Waals surface area contributed by atoms with E-state index in [1.807, 2.05) is 0 Å². The Kier molecular flexibility index (Phi) is 6.41. The Balaban J connectivity index is 1.59. The van der Waals surface area contributed by atoms with Crippen LogP contribution >= 0.6 is 0 Å². The second-order valence-electron chi connectivity index (χ2n) is 6.94. The van der Waals surface area contributed by atoms with Crippen LogP contribution in [0, 0.1) is 0 Å². The van der Waals surface area contributed by atoms with Crippen LogP contribution in [0.3, 0.4) is 0 Å². The molecule has 1 atom stereocenters. The van der Waals surface area contributed by atoms with Crippen molar-refractivity contribution in [2.45, 2.75) is 36.7 Å². The van der Waals surface area contributed by atoms with Crippen molar-refractivity contribution in [1.82, 2.24) is 9.80 Å². The number of esters is 1. The van der Waals surface area contributed by atoms with Gasteiger partial charge in [-0.1, -0.05) is 18.2 Å². The smallest absolute Gasteiger partial charge is 0.410 e. The second-order valence-corrected chi connectivity index (χ2v) is 8.93. The predicted molar refractivity (Wildman–Crippen MR) is 102 cm³/mol. The van der Waals surface area contributed by atoms with E-state index in [0.29, 0.717) is 25.9 Å². The van der Waals surface area contributed by atoms with Gasteiger partial charge in [0.15, 0.2) is 15.9 Å². The minimum Gasteiger partial charge on any atom is -0.464 e. The Hall–Kier alpha value is -2.62. The lowest BCUT2D eigenvalue weighted by Gasteiger charge is -2.37. The summed E-state index contributed by atoms with van der Waals surface area (Å²) in [4.78, 5) is 39.7. The number of rotatable bonds is 6. The van der Waals surface area contributed by atoms with Crippen LogP contribution < -0.4 is 0 Å². The number of nitrogens with zero attached hydrogens (tertiary/aromatic N) is 2. The van der Waals surface area contributed by atoms with Gasteiger partial charge in [0, 0.05) is 19.1 Å². The van der Waals surface area contributed by atoms with Crippen molar-refractivity contribution in [2.75, 3.05) is 32.1 Å². The predicted octanol–water partition coefficient (Wildman–Crippen LogP) is 0.835. The molecule has 2 fully saturated rings. The van der Waals surface area contributed by atoms with Crippen LogP contribution in [0.25, 0.3) is 0 Å². The summed E-state index contributed by atoms with van der Waals surface area (Å²) in [6.07, 6.45) is 0.295. The van der Waals surface area contributed by atoms with E-state index in [4.69, 9.17) is 9.47 Å². The first-order valence-electron chi connectivity index (χ1n) is 9.50. The van der Waals surface area contributed by atoms with E-state index in [9.17, 15) is 22.8 Å². The molecule has 0 bridgehead atoms. The molecule has 2 heterocycles. The number of likely N-dealkylation sites (tertiary alicyclic amines) is 1. The number of carbonyl (C=O) groups excluding carboxylic acids is 3. The SMILES string of the molecule is CCOC(=O)C1COC(=O)N1C1CCN(C(=O)CS(=O)(=O)c2ccccc2)CC1. The Morgan fingerprint density at radius 3 is 2.45 bits per heavy atom. The molecule has 0 N–H and O–H groups in total. The highest BCUT2D eigenvalue weighted by molar-refractivity contribution is 7.92. The molecule has 0 saturated carbocycles. The van der Waals surface area contributed by atoms with E-state index in [2.05, 4.69) is 0 Å². The molecule has 158 valence electrons. The molecule has 9 nitrogen and oxygen atoms in total. The van der Waals surface area contributed by atoms with Crippen LogP contribution in [0.4, 0.5) is 4.79 Å². The number of hydrogen-bond acceptors (Lipinski definition) is 7. The molecular weight excluding hydrogens is 400 g/mol. The van der Waals surface area contributed by atoms with Crippen molar-refractivity contribution in [3.05, 3.63) is 30.3 Å². The van der Waals surface area contributed by atoms with Crippen LogP contribution in [0.15, 0.2) is 35.2 Å². The van der Waals surface area contributed by atoms with Gasteiger partial charge in [0.1, 0.15) is 12.4 Å². The lowest BCUT2D eigenvalue weighted by molar-refractivity contribution is -0.148. The van der Waals surface area contributed by atoms with Gasteiger partial charge in [-0.15, -0.1) is 0 Å². The fourth-order valence-electron chi connectivity index (χ4n) is 3.61. The average molecular weight is 424 g/mol. The summed E-state index contributed by atoms with van der Waals surface area (Å²) in [5.74, 6) is -1.58. The Morgan fingerprint density at radius 1 is 1.17 bits per heavy atom. The Morgan fingerprint density at radius 2 is 1.83 bits per heavy atom. The van der Waals surface area contributed by atoms with Crippen LogP contribution in [-0.2, 0) is 28.9 Å². The van der Waals surface area contributed by atoms with E-state index in [1.54, 1.807) is 25.1 Å². The van der Waals surface area contributed by atoms with Gasteiger partial charge in [-0.2, -0.15) is 0 Å². The van der Waals surface area contributed by atoms with Gasteiger partial charge < -0.3 is 14.4 Å². The molecule has 3 rings (SSSR count). The van der Waals surface area contributed by atoms with Gasteiger partial charge in [-0.25, -0.2) is 18.0 Å². The maximum atomic E-state index is 12.5. The molecule has 1 unspecified atom stereocenters. The van der Waals surface area contributed by atoms with E-state index >= 15 is 0 Å². The third-order valence-corrected chi connectivity index (χ3v) is 6.71. The highest BCUT2D eigenvalue weighted by Crippen LogP contribution is 2.25. The largest absolute Gasteiger partial charge is 0.464 e. The highest BCUT2D eigenvalue weighted by atomic mass is 32.2. The maximum Gasteiger partial charge on any atom is 0.410 e. The van der Waals surface area contributed by atoms with Gasteiger partial charge >= 0.3 is 12.1 Å². The van der Waals surface area contributed by atoms with Crippen molar-refractivity contribution >= 4 is 27.8 Å². The van der Waals surface area contributed by atoms with Crippen molar-refractivity contribution in [3.63, 3.8) is 0 Å². The monoisotopic (exact) mass is 424 g/mol. The number of benzene rings is 1. The average Bonchev–Trinajstić information content (AvgIpc) is 3.10. The zero-order valence-corrected chi connectivity index (χ0v) is 17.0. The molecular formula is C19H24N2O7S. The number of carbonyl (C=O) groups is 3. The first-order valence-corrected chi connectivity index (χ1v) is 11.2. The number of sulfone groups is 1. The van der Waals surface area contributed by atoms with E-state index in [0.717, 1.165) is 0 Å². The molecule has 0 aromatic heterocycles. The fourth-order valence-corrected chi connectivity index (χ4v) is 4.86. The standard InChI is InChI=1S/C19H24N2O7S/c1-2-27-18(23)16-12-28-19(24)21(16)14-8-10-20(11-9-14)17(22)13-29(25,26)15-6-4-3-5-7-15/h3-7,14,16H,2,8-13H2,1H3. The van der Waals surface area contributed by atoms with Crippen LogP contribution in [0.5, 0.6) is 0 Å². The number of cyclic esters (lactones) is 1. The first kappa shape index (κ1) is 21.1. The third kappa shape index (κ3) is 4.69. The molecule has 2 amide bonds.